The second-order valence-corrected chi connectivity index (χ2v) is 6.70. The molecule has 0 fully saturated rings. The van der Waals surface area contributed by atoms with Crippen LogP contribution >= 0.6 is 0 Å². The number of esters is 1. The second kappa shape index (κ2) is 11.3. The molecule has 0 aliphatic carbocycles. The van der Waals surface area contributed by atoms with Crippen molar-refractivity contribution in [2.75, 3.05) is 20.2 Å². The van der Waals surface area contributed by atoms with Crippen LogP contribution in [0.3, 0.4) is 0 Å². The first-order valence-corrected chi connectivity index (χ1v) is 8.33. The lowest BCUT2D eigenvalue weighted by atomic mass is 10.1. The number of methoxy groups -OCH3 is 1. The summed E-state index contributed by atoms with van der Waals surface area (Å²) in [7, 11) is 1.20. The molecule has 0 unspecified atom stereocenters. The molecule has 0 heterocycles. The Hall–Kier alpha value is -2.36. The van der Waals surface area contributed by atoms with E-state index in [9.17, 15) is 19.2 Å². The van der Waals surface area contributed by atoms with Gasteiger partial charge in [0, 0.05) is 6.54 Å². The standard InChI is InChI=1S/C16H30N4O6/c1-10(13(22)19-9-12(21)25-5)20-14(23)11(17)7-6-8-18-15(24)26-16(2,3)4/h10-11H,6-9,17H2,1-5H3,(H,18,24)(H,19,22)(H,20,23)/t10-,11-/m1/s1. The number of nitrogens with one attached hydrogen (secondary N) is 3. The van der Waals surface area contributed by atoms with E-state index in [0.29, 0.717) is 19.4 Å². The summed E-state index contributed by atoms with van der Waals surface area (Å²) in [6.45, 7) is 6.78. The van der Waals surface area contributed by atoms with Gasteiger partial charge < -0.3 is 31.2 Å². The van der Waals surface area contributed by atoms with Gasteiger partial charge in [-0.2, -0.15) is 0 Å². The minimum atomic E-state index is -0.849. The maximum atomic E-state index is 11.9. The van der Waals surface area contributed by atoms with Crippen molar-refractivity contribution in [3.05, 3.63) is 0 Å². The third kappa shape index (κ3) is 11.2. The van der Waals surface area contributed by atoms with Crippen molar-refractivity contribution < 1.29 is 28.7 Å². The van der Waals surface area contributed by atoms with Gasteiger partial charge in [0.2, 0.25) is 11.8 Å². The predicted molar refractivity (Wildman–Crippen MR) is 94.1 cm³/mol. The second-order valence-electron chi connectivity index (χ2n) is 6.70. The Balaban J connectivity index is 4.06. The number of hydrogen-bond donors (Lipinski definition) is 4. The molecule has 0 aromatic carbocycles. The first-order chi connectivity index (χ1) is 12.0. The van der Waals surface area contributed by atoms with Crippen molar-refractivity contribution in [1.82, 2.24) is 16.0 Å². The number of carbonyl (C=O) groups excluding carboxylic acids is 4. The largest absolute Gasteiger partial charge is 0.468 e. The summed E-state index contributed by atoms with van der Waals surface area (Å²) in [6, 6.07) is -1.68. The fourth-order valence-electron chi connectivity index (χ4n) is 1.73. The van der Waals surface area contributed by atoms with Crippen molar-refractivity contribution in [2.45, 2.75) is 58.2 Å². The highest BCUT2D eigenvalue weighted by Crippen LogP contribution is 2.06. The number of hydrogen-bond acceptors (Lipinski definition) is 7. The van der Waals surface area contributed by atoms with Crippen molar-refractivity contribution in [3.8, 4) is 0 Å². The maximum Gasteiger partial charge on any atom is 0.407 e. The molecular weight excluding hydrogens is 344 g/mol. The van der Waals surface area contributed by atoms with E-state index in [4.69, 9.17) is 10.5 Å². The summed E-state index contributed by atoms with van der Waals surface area (Å²) in [4.78, 5) is 46.1. The van der Waals surface area contributed by atoms with Gasteiger partial charge in [0.15, 0.2) is 0 Å². The Morgan fingerprint density at radius 3 is 2.23 bits per heavy atom. The SMILES string of the molecule is COC(=O)CNC(=O)[C@@H](C)NC(=O)[C@H](N)CCCNC(=O)OC(C)(C)C. The van der Waals surface area contributed by atoms with Crippen LogP contribution in [0.1, 0.15) is 40.5 Å². The smallest absolute Gasteiger partial charge is 0.407 e. The molecule has 0 aliphatic heterocycles. The quantitative estimate of drug-likeness (QED) is 0.311. The molecule has 2 atom stereocenters. The maximum absolute atomic E-state index is 11.9. The van der Waals surface area contributed by atoms with Gasteiger partial charge >= 0.3 is 12.1 Å². The fourth-order valence-corrected chi connectivity index (χ4v) is 1.73. The molecule has 0 saturated heterocycles. The molecule has 0 radical (unpaired) electrons. The van der Waals surface area contributed by atoms with E-state index < -0.39 is 41.6 Å². The molecule has 3 amide bonds. The van der Waals surface area contributed by atoms with E-state index in [2.05, 4.69) is 20.7 Å². The summed E-state index contributed by atoms with van der Waals surface area (Å²) in [5.41, 5.74) is 5.19. The number of rotatable bonds is 9. The zero-order chi connectivity index (χ0) is 20.3. The summed E-state index contributed by atoms with van der Waals surface area (Å²) < 4.78 is 9.48. The number of nitrogens with two attached hydrogens (primary N) is 1. The van der Waals surface area contributed by atoms with Gasteiger partial charge in [0.1, 0.15) is 18.2 Å². The zero-order valence-electron chi connectivity index (χ0n) is 16.0. The Labute approximate surface area is 153 Å². The van der Waals surface area contributed by atoms with E-state index in [1.54, 1.807) is 20.8 Å². The van der Waals surface area contributed by atoms with E-state index in [-0.39, 0.29) is 6.54 Å². The Morgan fingerprint density at radius 1 is 1.08 bits per heavy atom. The topological polar surface area (TPSA) is 149 Å². The molecule has 0 bridgehead atoms. The van der Waals surface area contributed by atoms with E-state index >= 15 is 0 Å². The predicted octanol–water partition coefficient (Wildman–Crippen LogP) is -0.587. The van der Waals surface area contributed by atoms with Crippen LogP contribution in [-0.2, 0) is 23.9 Å². The number of carbonyl (C=O) groups is 4. The van der Waals surface area contributed by atoms with Gasteiger partial charge in [-0.15, -0.1) is 0 Å². The number of ether oxygens (including phenoxy) is 2. The van der Waals surface area contributed by atoms with Crippen LogP contribution in [0.25, 0.3) is 0 Å². The fraction of sp³-hybridized carbons (Fsp3) is 0.750. The highest BCUT2D eigenvalue weighted by atomic mass is 16.6. The van der Waals surface area contributed by atoms with Crippen LogP contribution in [-0.4, -0.2) is 61.8 Å². The molecule has 10 nitrogen and oxygen atoms in total. The van der Waals surface area contributed by atoms with Gasteiger partial charge in [0.05, 0.1) is 13.2 Å². The summed E-state index contributed by atoms with van der Waals surface area (Å²) in [6.07, 6.45) is 0.251. The van der Waals surface area contributed by atoms with Crippen LogP contribution in [0.5, 0.6) is 0 Å². The lowest BCUT2D eigenvalue weighted by molar-refractivity contribution is -0.141. The van der Waals surface area contributed by atoms with Crippen LogP contribution in [0.2, 0.25) is 0 Å². The minimum Gasteiger partial charge on any atom is -0.468 e. The molecule has 0 saturated carbocycles. The molecule has 10 heteroatoms. The van der Waals surface area contributed by atoms with Crippen molar-refractivity contribution in [3.63, 3.8) is 0 Å². The molecule has 0 aromatic rings. The first kappa shape index (κ1) is 23.6. The zero-order valence-corrected chi connectivity index (χ0v) is 16.0. The number of alkyl carbamates (subject to hydrolysis) is 1. The lowest BCUT2D eigenvalue weighted by Gasteiger charge is -2.20. The van der Waals surface area contributed by atoms with Gasteiger partial charge in [-0.3, -0.25) is 14.4 Å². The number of amides is 3. The molecule has 0 aromatic heterocycles. The van der Waals surface area contributed by atoms with Crippen LogP contribution < -0.4 is 21.7 Å². The van der Waals surface area contributed by atoms with Gasteiger partial charge in [-0.25, -0.2) is 4.79 Å². The van der Waals surface area contributed by atoms with E-state index in [1.807, 2.05) is 0 Å². The Morgan fingerprint density at radius 2 is 1.69 bits per heavy atom. The minimum absolute atomic E-state index is 0.280. The van der Waals surface area contributed by atoms with Crippen molar-refractivity contribution in [1.29, 1.82) is 0 Å². The summed E-state index contributed by atoms with van der Waals surface area (Å²) in [5.74, 6) is -1.61. The van der Waals surface area contributed by atoms with E-state index in [1.165, 1.54) is 14.0 Å². The Bertz CT molecular complexity index is 503. The average Bonchev–Trinajstić information content (AvgIpc) is 2.53. The van der Waals surface area contributed by atoms with Crippen molar-refractivity contribution in [2.24, 2.45) is 5.73 Å². The van der Waals surface area contributed by atoms with Crippen LogP contribution in [0, 0.1) is 0 Å². The van der Waals surface area contributed by atoms with Crippen molar-refractivity contribution >= 4 is 23.9 Å². The van der Waals surface area contributed by atoms with Crippen LogP contribution in [0.4, 0.5) is 4.79 Å². The first-order valence-electron chi connectivity index (χ1n) is 8.33. The highest BCUT2D eigenvalue weighted by molar-refractivity contribution is 5.90. The molecule has 0 spiro atoms. The Kier molecular flexibility index (Phi) is 10.3. The molecule has 0 rings (SSSR count). The van der Waals surface area contributed by atoms with E-state index in [0.717, 1.165) is 0 Å². The third-order valence-electron chi connectivity index (χ3n) is 3.08. The molecule has 0 aliphatic rings. The van der Waals surface area contributed by atoms with Gasteiger partial charge in [-0.1, -0.05) is 0 Å². The summed E-state index contributed by atoms with van der Waals surface area (Å²) >= 11 is 0. The molecule has 150 valence electrons. The average molecular weight is 374 g/mol. The van der Waals surface area contributed by atoms with Crippen LogP contribution in [0.15, 0.2) is 0 Å². The molecular formula is C16H30N4O6. The van der Waals surface area contributed by atoms with Gasteiger partial charge in [-0.05, 0) is 40.5 Å². The molecule has 5 N–H and O–H groups in total. The monoisotopic (exact) mass is 374 g/mol. The lowest BCUT2D eigenvalue weighted by Crippen LogP contribution is -2.51. The third-order valence-corrected chi connectivity index (χ3v) is 3.08. The normalized spacial score (nSPS) is 13.2. The summed E-state index contributed by atoms with van der Waals surface area (Å²) in [5, 5.41) is 7.36. The highest BCUT2D eigenvalue weighted by Gasteiger charge is 2.20. The molecule has 26 heavy (non-hydrogen) atoms. The van der Waals surface area contributed by atoms with Gasteiger partial charge in [0.25, 0.3) is 0 Å².